The number of nitrogens with zero attached hydrogens (tertiary/aromatic N) is 2. The van der Waals surface area contributed by atoms with Crippen molar-refractivity contribution in [2.45, 2.75) is 44.6 Å². The molecule has 6 heteroatoms. The Kier molecular flexibility index (Phi) is 8.55. The van der Waals surface area contributed by atoms with Crippen molar-refractivity contribution in [2.24, 2.45) is 4.99 Å². The molecule has 1 saturated heterocycles. The van der Waals surface area contributed by atoms with Crippen LogP contribution in [0.5, 0.6) is 0 Å². The molecular formula is C17H34N4OS. The number of ether oxygens (including phenoxy) is 1. The highest BCUT2D eigenvalue weighted by Gasteiger charge is 2.39. The van der Waals surface area contributed by atoms with Gasteiger partial charge in [-0.25, -0.2) is 0 Å². The average molecular weight is 343 g/mol. The van der Waals surface area contributed by atoms with E-state index in [0.29, 0.717) is 5.54 Å². The summed E-state index contributed by atoms with van der Waals surface area (Å²) in [5.41, 5.74) is 0.315. The maximum atomic E-state index is 5.11. The number of methoxy groups -OCH3 is 1. The highest BCUT2D eigenvalue weighted by Crippen LogP contribution is 2.37. The van der Waals surface area contributed by atoms with Crippen LogP contribution in [0.1, 0.15) is 39.0 Å². The van der Waals surface area contributed by atoms with Crippen LogP contribution in [0.25, 0.3) is 0 Å². The first-order chi connectivity index (χ1) is 11.3. The van der Waals surface area contributed by atoms with Crippen molar-refractivity contribution >= 4 is 17.7 Å². The van der Waals surface area contributed by atoms with Gasteiger partial charge in [-0.05, 0) is 26.2 Å². The third-order valence-electron chi connectivity index (χ3n) is 4.91. The van der Waals surface area contributed by atoms with Gasteiger partial charge in [0.2, 0.25) is 0 Å². The number of guanidine groups is 1. The normalized spacial score (nSPS) is 22.3. The molecule has 0 aromatic heterocycles. The van der Waals surface area contributed by atoms with Crippen molar-refractivity contribution in [2.75, 3.05) is 57.9 Å². The second-order valence-electron chi connectivity index (χ2n) is 6.50. The lowest BCUT2D eigenvalue weighted by Crippen LogP contribution is -2.53. The highest BCUT2D eigenvalue weighted by atomic mass is 32.2. The van der Waals surface area contributed by atoms with Gasteiger partial charge in [-0.3, -0.25) is 9.89 Å². The Morgan fingerprint density at radius 2 is 1.96 bits per heavy atom. The van der Waals surface area contributed by atoms with E-state index >= 15 is 0 Å². The lowest BCUT2D eigenvalue weighted by molar-refractivity contribution is 0.112. The summed E-state index contributed by atoms with van der Waals surface area (Å²) < 4.78 is 5.11. The Morgan fingerprint density at radius 1 is 1.22 bits per heavy atom. The van der Waals surface area contributed by atoms with Gasteiger partial charge in [-0.2, -0.15) is 11.8 Å². The quantitative estimate of drug-likeness (QED) is 0.401. The van der Waals surface area contributed by atoms with Crippen molar-refractivity contribution in [3.63, 3.8) is 0 Å². The first-order valence-electron chi connectivity index (χ1n) is 9.15. The highest BCUT2D eigenvalue weighted by molar-refractivity contribution is 7.99. The molecule has 2 aliphatic rings. The molecule has 2 fully saturated rings. The molecule has 0 radical (unpaired) electrons. The van der Waals surface area contributed by atoms with E-state index in [9.17, 15) is 0 Å². The SMILES string of the molecule is CCNC(=NCC1(N2CCSCC2)CCCC1)NCCCOC. The number of nitrogens with one attached hydrogen (secondary N) is 2. The van der Waals surface area contributed by atoms with Crippen LogP contribution >= 0.6 is 11.8 Å². The van der Waals surface area contributed by atoms with Crippen LogP contribution in [0.15, 0.2) is 4.99 Å². The molecule has 0 spiro atoms. The minimum absolute atomic E-state index is 0.315. The number of hydrogen-bond acceptors (Lipinski definition) is 4. The molecule has 1 aliphatic carbocycles. The van der Waals surface area contributed by atoms with Gasteiger partial charge in [-0.15, -0.1) is 0 Å². The summed E-state index contributed by atoms with van der Waals surface area (Å²) in [4.78, 5) is 7.68. The Hall–Kier alpha value is -0.460. The lowest BCUT2D eigenvalue weighted by atomic mass is 9.95. The van der Waals surface area contributed by atoms with Crippen molar-refractivity contribution < 1.29 is 4.74 Å². The minimum Gasteiger partial charge on any atom is -0.385 e. The molecule has 2 N–H and O–H groups in total. The van der Waals surface area contributed by atoms with Crippen LogP contribution in [0.4, 0.5) is 0 Å². The fourth-order valence-corrected chi connectivity index (χ4v) is 4.54. The largest absolute Gasteiger partial charge is 0.385 e. The molecule has 2 rings (SSSR count). The van der Waals surface area contributed by atoms with E-state index < -0.39 is 0 Å². The van der Waals surface area contributed by atoms with Crippen molar-refractivity contribution in [1.29, 1.82) is 0 Å². The summed E-state index contributed by atoms with van der Waals surface area (Å²) in [7, 11) is 1.75. The van der Waals surface area contributed by atoms with Crippen LogP contribution in [-0.4, -0.2) is 74.3 Å². The number of thioether (sulfide) groups is 1. The first kappa shape index (κ1) is 18.9. The zero-order valence-corrected chi connectivity index (χ0v) is 15.7. The molecule has 23 heavy (non-hydrogen) atoms. The third kappa shape index (κ3) is 5.84. The smallest absolute Gasteiger partial charge is 0.191 e. The predicted octanol–water partition coefficient (Wildman–Crippen LogP) is 1.94. The Labute approximate surface area is 146 Å². The van der Waals surface area contributed by atoms with Gasteiger partial charge in [-0.1, -0.05) is 12.8 Å². The molecule has 134 valence electrons. The predicted molar refractivity (Wildman–Crippen MR) is 101 cm³/mol. The third-order valence-corrected chi connectivity index (χ3v) is 5.85. The van der Waals surface area contributed by atoms with E-state index in [1.54, 1.807) is 7.11 Å². The fourth-order valence-electron chi connectivity index (χ4n) is 3.64. The Bertz CT molecular complexity index is 353. The molecule has 0 atom stereocenters. The summed E-state index contributed by atoms with van der Waals surface area (Å²) in [5.74, 6) is 3.52. The molecule has 0 amide bonds. The molecule has 5 nitrogen and oxygen atoms in total. The van der Waals surface area contributed by atoms with E-state index in [4.69, 9.17) is 9.73 Å². The van der Waals surface area contributed by atoms with Crippen molar-refractivity contribution in [1.82, 2.24) is 15.5 Å². The summed E-state index contributed by atoms with van der Waals surface area (Å²) in [6, 6.07) is 0. The van der Waals surface area contributed by atoms with Crippen LogP contribution in [0.2, 0.25) is 0 Å². The van der Waals surface area contributed by atoms with Crippen molar-refractivity contribution in [3.8, 4) is 0 Å². The van der Waals surface area contributed by atoms with E-state index in [-0.39, 0.29) is 0 Å². The summed E-state index contributed by atoms with van der Waals surface area (Å²) in [6.07, 6.45) is 6.35. The van der Waals surface area contributed by atoms with E-state index in [2.05, 4.69) is 34.2 Å². The van der Waals surface area contributed by atoms with Crippen LogP contribution in [-0.2, 0) is 4.74 Å². The molecule has 1 aliphatic heterocycles. The van der Waals surface area contributed by atoms with Gasteiger partial charge in [0, 0.05) is 56.9 Å². The van der Waals surface area contributed by atoms with Gasteiger partial charge < -0.3 is 15.4 Å². The van der Waals surface area contributed by atoms with Crippen LogP contribution < -0.4 is 10.6 Å². The second kappa shape index (κ2) is 10.4. The molecule has 0 bridgehead atoms. The first-order valence-corrected chi connectivity index (χ1v) is 10.3. The van der Waals surface area contributed by atoms with Crippen LogP contribution in [0, 0.1) is 0 Å². The average Bonchev–Trinajstić information content (AvgIpc) is 3.07. The summed E-state index contributed by atoms with van der Waals surface area (Å²) >= 11 is 2.09. The molecular weight excluding hydrogens is 308 g/mol. The van der Waals surface area contributed by atoms with Gasteiger partial charge >= 0.3 is 0 Å². The number of hydrogen-bond donors (Lipinski definition) is 2. The van der Waals surface area contributed by atoms with E-state index in [1.807, 2.05) is 0 Å². The maximum Gasteiger partial charge on any atom is 0.191 e. The van der Waals surface area contributed by atoms with E-state index in [1.165, 1.54) is 50.3 Å². The fraction of sp³-hybridized carbons (Fsp3) is 0.941. The van der Waals surface area contributed by atoms with Gasteiger partial charge in [0.15, 0.2) is 5.96 Å². The monoisotopic (exact) mass is 342 g/mol. The summed E-state index contributed by atoms with van der Waals surface area (Å²) in [5, 5.41) is 6.81. The summed E-state index contributed by atoms with van der Waals surface area (Å²) in [6.45, 7) is 8.13. The lowest BCUT2D eigenvalue weighted by Gasteiger charge is -2.42. The molecule has 1 heterocycles. The zero-order chi connectivity index (χ0) is 16.4. The number of rotatable bonds is 8. The second-order valence-corrected chi connectivity index (χ2v) is 7.72. The topological polar surface area (TPSA) is 48.9 Å². The van der Waals surface area contributed by atoms with Crippen LogP contribution in [0.3, 0.4) is 0 Å². The minimum atomic E-state index is 0.315. The molecule has 0 unspecified atom stereocenters. The van der Waals surface area contributed by atoms with Crippen molar-refractivity contribution in [3.05, 3.63) is 0 Å². The Balaban J connectivity index is 1.93. The Morgan fingerprint density at radius 3 is 2.61 bits per heavy atom. The standard InChI is InChI=1S/C17H34N4OS/c1-3-18-16(19-9-6-12-22-2)20-15-17(7-4-5-8-17)21-10-13-23-14-11-21/h3-15H2,1-2H3,(H2,18,19,20). The zero-order valence-electron chi connectivity index (χ0n) is 14.9. The van der Waals surface area contributed by atoms with Gasteiger partial charge in [0.05, 0.1) is 6.54 Å². The van der Waals surface area contributed by atoms with Gasteiger partial charge in [0.1, 0.15) is 0 Å². The van der Waals surface area contributed by atoms with E-state index in [0.717, 1.165) is 38.6 Å². The maximum absolute atomic E-state index is 5.11. The molecule has 0 aromatic carbocycles. The molecule has 1 saturated carbocycles. The number of aliphatic imine (C=N–C) groups is 1. The van der Waals surface area contributed by atoms with Gasteiger partial charge in [0.25, 0.3) is 0 Å². The molecule has 0 aromatic rings.